The van der Waals surface area contributed by atoms with Crippen molar-refractivity contribution in [3.8, 4) is 0 Å². The zero-order valence-electron chi connectivity index (χ0n) is 22.0. The van der Waals surface area contributed by atoms with Crippen molar-refractivity contribution in [2.45, 2.75) is 63.9 Å². The standard InChI is InChI=1S/C28H33N5O3S2/c1-4-23-8-5-6-15-33(23)38(35,36)24-11-9-22(10-12-24)27(34)32(17-16-31-14-7-13-29-31)28-30-26-21(3)18-20(2)19-25(26)37-28/h7,9-14,18-19,23H,4-6,8,15-17H2,1-3H3. The van der Waals surface area contributed by atoms with Crippen LogP contribution in [0.25, 0.3) is 10.2 Å². The molecule has 10 heteroatoms. The summed E-state index contributed by atoms with van der Waals surface area (Å²) in [4.78, 5) is 20.5. The van der Waals surface area contributed by atoms with Gasteiger partial charge < -0.3 is 0 Å². The van der Waals surface area contributed by atoms with Crippen molar-refractivity contribution in [2.75, 3.05) is 18.0 Å². The van der Waals surface area contributed by atoms with Crippen molar-refractivity contribution >= 4 is 42.6 Å². The number of rotatable bonds is 8. The van der Waals surface area contributed by atoms with Gasteiger partial charge in [0.1, 0.15) is 0 Å². The van der Waals surface area contributed by atoms with E-state index in [0.29, 0.717) is 30.3 Å². The summed E-state index contributed by atoms with van der Waals surface area (Å²) in [7, 11) is -3.62. The Balaban J connectivity index is 1.45. The molecule has 2 aromatic heterocycles. The predicted molar refractivity (Wildman–Crippen MR) is 151 cm³/mol. The van der Waals surface area contributed by atoms with Crippen LogP contribution in [0.15, 0.2) is 59.8 Å². The van der Waals surface area contributed by atoms with Crippen molar-refractivity contribution in [3.63, 3.8) is 0 Å². The molecule has 1 saturated heterocycles. The van der Waals surface area contributed by atoms with Gasteiger partial charge in [-0.05, 0) is 80.6 Å². The molecule has 0 bridgehead atoms. The predicted octanol–water partition coefficient (Wildman–Crippen LogP) is 5.41. The van der Waals surface area contributed by atoms with Crippen LogP contribution >= 0.6 is 11.3 Å². The zero-order valence-corrected chi connectivity index (χ0v) is 23.6. The second kappa shape index (κ2) is 11.0. The van der Waals surface area contributed by atoms with Crippen LogP contribution in [-0.4, -0.2) is 52.5 Å². The fourth-order valence-electron chi connectivity index (χ4n) is 5.15. The fourth-order valence-corrected chi connectivity index (χ4v) is 8.09. The van der Waals surface area contributed by atoms with Gasteiger partial charge >= 0.3 is 0 Å². The lowest BCUT2D eigenvalue weighted by atomic mass is 10.0. The molecular weight excluding hydrogens is 518 g/mol. The average molecular weight is 552 g/mol. The lowest BCUT2D eigenvalue weighted by Gasteiger charge is -2.34. The number of nitrogens with zero attached hydrogens (tertiary/aromatic N) is 5. The third-order valence-corrected chi connectivity index (χ3v) is 10.2. The molecule has 0 saturated carbocycles. The maximum Gasteiger partial charge on any atom is 0.260 e. The van der Waals surface area contributed by atoms with Gasteiger partial charge in [0.25, 0.3) is 5.91 Å². The van der Waals surface area contributed by atoms with E-state index in [9.17, 15) is 13.2 Å². The number of anilines is 1. The third kappa shape index (κ3) is 5.25. The highest BCUT2D eigenvalue weighted by molar-refractivity contribution is 7.89. The van der Waals surface area contributed by atoms with Gasteiger partial charge in [-0.3, -0.25) is 14.4 Å². The molecular formula is C28H33N5O3S2. The van der Waals surface area contributed by atoms with E-state index in [1.54, 1.807) is 44.3 Å². The molecule has 1 aliphatic rings. The normalized spacial score (nSPS) is 16.7. The molecule has 3 heterocycles. The molecule has 0 radical (unpaired) electrons. The van der Waals surface area contributed by atoms with Gasteiger partial charge in [-0.2, -0.15) is 9.40 Å². The summed E-state index contributed by atoms with van der Waals surface area (Å²) in [5.74, 6) is -0.223. The molecule has 8 nitrogen and oxygen atoms in total. The summed E-state index contributed by atoms with van der Waals surface area (Å²) in [5, 5.41) is 4.88. The summed E-state index contributed by atoms with van der Waals surface area (Å²) >= 11 is 1.48. The highest BCUT2D eigenvalue weighted by Crippen LogP contribution is 2.33. The van der Waals surface area contributed by atoms with Crippen molar-refractivity contribution in [3.05, 3.63) is 71.5 Å². The maximum absolute atomic E-state index is 13.8. The smallest absolute Gasteiger partial charge is 0.260 e. The second-order valence-corrected chi connectivity index (χ2v) is 12.7. The lowest BCUT2D eigenvalue weighted by molar-refractivity contribution is 0.0985. The maximum atomic E-state index is 13.8. The Morgan fingerprint density at radius 2 is 1.95 bits per heavy atom. The topological polar surface area (TPSA) is 88.4 Å². The first-order valence-electron chi connectivity index (χ1n) is 13.1. The Morgan fingerprint density at radius 1 is 1.16 bits per heavy atom. The van der Waals surface area contributed by atoms with Gasteiger partial charge in [0, 0.05) is 37.1 Å². The molecule has 1 amide bonds. The zero-order chi connectivity index (χ0) is 26.9. The lowest BCUT2D eigenvalue weighted by Crippen LogP contribution is -2.43. The number of amides is 1. The van der Waals surface area contributed by atoms with Crippen LogP contribution < -0.4 is 4.90 Å². The third-order valence-electron chi connectivity index (χ3n) is 7.16. The molecule has 1 unspecified atom stereocenters. The second-order valence-electron chi connectivity index (χ2n) is 9.85. The molecule has 5 rings (SSSR count). The van der Waals surface area contributed by atoms with Crippen LogP contribution in [0.1, 0.15) is 54.1 Å². The van der Waals surface area contributed by atoms with Crippen molar-refractivity contribution < 1.29 is 13.2 Å². The fraction of sp³-hybridized carbons (Fsp3) is 0.393. The van der Waals surface area contributed by atoms with E-state index in [2.05, 4.69) is 24.2 Å². The Hall–Kier alpha value is -3.08. The largest absolute Gasteiger partial charge is 0.282 e. The van der Waals surface area contributed by atoms with E-state index in [1.165, 1.54) is 11.3 Å². The minimum Gasteiger partial charge on any atom is -0.282 e. The monoisotopic (exact) mass is 551 g/mol. The number of hydrogen-bond acceptors (Lipinski definition) is 6. The summed E-state index contributed by atoms with van der Waals surface area (Å²) in [5.41, 5.74) is 3.53. The average Bonchev–Trinajstić information content (AvgIpc) is 3.59. The van der Waals surface area contributed by atoms with E-state index in [-0.39, 0.29) is 16.8 Å². The number of aromatic nitrogens is 3. The van der Waals surface area contributed by atoms with Crippen LogP contribution in [-0.2, 0) is 16.6 Å². The number of carbonyl (C=O) groups is 1. The summed E-state index contributed by atoms with van der Waals surface area (Å²) in [6.45, 7) is 7.53. The summed E-state index contributed by atoms with van der Waals surface area (Å²) < 4.78 is 31.2. The first-order valence-corrected chi connectivity index (χ1v) is 15.3. The Morgan fingerprint density at radius 3 is 2.66 bits per heavy atom. The molecule has 0 aliphatic carbocycles. The van der Waals surface area contributed by atoms with E-state index in [1.807, 2.05) is 26.1 Å². The number of carbonyl (C=O) groups excluding carboxylic acids is 1. The van der Waals surface area contributed by atoms with Gasteiger partial charge in [-0.1, -0.05) is 30.7 Å². The Labute approximate surface area is 228 Å². The highest BCUT2D eigenvalue weighted by atomic mass is 32.2. The van der Waals surface area contributed by atoms with Gasteiger partial charge in [0.05, 0.1) is 21.7 Å². The minimum absolute atomic E-state index is 0.0268. The van der Waals surface area contributed by atoms with Gasteiger partial charge in [0.2, 0.25) is 10.0 Å². The van der Waals surface area contributed by atoms with E-state index in [4.69, 9.17) is 4.98 Å². The summed E-state index contributed by atoms with van der Waals surface area (Å²) in [6.07, 6.45) is 7.18. The molecule has 2 aromatic carbocycles. The van der Waals surface area contributed by atoms with Crippen molar-refractivity contribution in [2.24, 2.45) is 0 Å². The Kier molecular flexibility index (Phi) is 7.65. The molecule has 1 aliphatic heterocycles. The summed E-state index contributed by atoms with van der Waals surface area (Å²) in [6, 6.07) is 12.4. The number of aryl methyl sites for hydroxylation is 2. The van der Waals surface area contributed by atoms with E-state index >= 15 is 0 Å². The van der Waals surface area contributed by atoms with E-state index < -0.39 is 10.0 Å². The minimum atomic E-state index is -3.62. The molecule has 0 spiro atoms. The van der Waals surface area contributed by atoms with Crippen molar-refractivity contribution in [1.82, 2.24) is 19.1 Å². The van der Waals surface area contributed by atoms with Crippen LogP contribution in [0.3, 0.4) is 0 Å². The number of hydrogen-bond donors (Lipinski definition) is 0. The SMILES string of the molecule is CCC1CCCCN1S(=O)(=O)c1ccc(C(=O)N(CCn2cccn2)c2nc3c(C)cc(C)cc3s2)cc1. The first kappa shape index (κ1) is 26.5. The number of fused-ring (bicyclic) bond motifs is 1. The number of thiazole rings is 1. The van der Waals surface area contributed by atoms with Gasteiger partial charge in [0.15, 0.2) is 5.13 Å². The van der Waals surface area contributed by atoms with E-state index in [0.717, 1.165) is 47.0 Å². The molecule has 1 atom stereocenters. The Bertz CT molecular complexity index is 1530. The molecule has 4 aromatic rings. The molecule has 200 valence electrons. The van der Waals surface area contributed by atoms with Crippen molar-refractivity contribution in [1.29, 1.82) is 0 Å². The van der Waals surface area contributed by atoms with Crippen LogP contribution in [0.5, 0.6) is 0 Å². The van der Waals surface area contributed by atoms with Crippen LogP contribution in [0.4, 0.5) is 5.13 Å². The quantitative estimate of drug-likeness (QED) is 0.292. The molecule has 0 N–H and O–H groups in total. The number of benzene rings is 2. The van der Waals surface area contributed by atoms with Crippen LogP contribution in [0, 0.1) is 13.8 Å². The van der Waals surface area contributed by atoms with Gasteiger partial charge in [-0.15, -0.1) is 0 Å². The number of piperidine rings is 1. The van der Waals surface area contributed by atoms with Gasteiger partial charge in [-0.25, -0.2) is 13.4 Å². The highest BCUT2D eigenvalue weighted by Gasteiger charge is 2.32. The van der Waals surface area contributed by atoms with Crippen LogP contribution in [0.2, 0.25) is 0 Å². The molecule has 1 fully saturated rings. The number of sulfonamides is 1. The first-order chi connectivity index (χ1) is 18.3. The molecule has 38 heavy (non-hydrogen) atoms.